The summed E-state index contributed by atoms with van der Waals surface area (Å²) in [5, 5.41) is 15.1. The minimum absolute atomic E-state index is 0.223. The minimum atomic E-state index is -0.822. The van der Waals surface area contributed by atoms with Crippen LogP contribution in [0.15, 0.2) is 54.6 Å². The van der Waals surface area contributed by atoms with Crippen molar-refractivity contribution in [3.05, 3.63) is 65.7 Å². The summed E-state index contributed by atoms with van der Waals surface area (Å²) in [6, 6.07) is 15.8. The van der Waals surface area contributed by atoms with E-state index in [0.717, 1.165) is 11.1 Å². The van der Waals surface area contributed by atoms with Crippen molar-refractivity contribution < 1.29 is 19.4 Å². The van der Waals surface area contributed by atoms with E-state index in [9.17, 15) is 14.7 Å². The Morgan fingerprint density at radius 2 is 1.64 bits per heavy atom. The molecule has 7 heteroatoms. The highest BCUT2D eigenvalue weighted by molar-refractivity contribution is 5.90. The zero-order chi connectivity index (χ0) is 24.4. The molecular weight excluding hydrogens is 418 g/mol. The van der Waals surface area contributed by atoms with Gasteiger partial charge < -0.3 is 26.2 Å². The van der Waals surface area contributed by atoms with Crippen LogP contribution in [-0.2, 0) is 22.6 Å². The van der Waals surface area contributed by atoms with Gasteiger partial charge in [0.05, 0.1) is 18.2 Å². The average Bonchev–Trinajstić information content (AvgIpc) is 2.78. The molecule has 0 aliphatic rings. The number of ether oxygens (including phenoxy) is 1. The Morgan fingerprint density at radius 1 is 1.00 bits per heavy atom. The van der Waals surface area contributed by atoms with Gasteiger partial charge in [0.15, 0.2) is 0 Å². The first kappa shape index (κ1) is 26.4. The van der Waals surface area contributed by atoms with Crippen LogP contribution < -0.4 is 21.1 Å². The van der Waals surface area contributed by atoms with Gasteiger partial charge in [-0.25, -0.2) is 0 Å². The summed E-state index contributed by atoms with van der Waals surface area (Å²) < 4.78 is 5.82. The van der Waals surface area contributed by atoms with Gasteiger partial charge in [0, 0.05) is 6.42 Å². The molecule has 2 aromatic carbocycles. The molecular formula is C26H37N3O4. The molecule has 0 bridgehead atoms. The Balaban J connectivity index is 2.07. The Morgan fingerprint density at radius 3 is 2.21 bits per heavy atom. The van der Waals surface area contributed by atoms with E-state index in [1.54, 1.807) is 13.8 Å². The lowest BCUT2D eigenvalue weighted by molar-refractivity contribution is -0.131. The number of amides is 2. The van der Waals surface area contributed by atoms with Crippen molar-refractivity contribution in [1.82, 2.24) is 10.6 Å². The van der Waals surface area contributed by atoms with E-state index in [1.807, 2.05) is 68.4 Å². The third-order valence-electron chi connectivity index (χ3n) is 5.16. The maximum Gasteiger partial charge on any atom is 0.243 e. The molecule has 180 valence electrons. The first-order chi connectivity index (χ1) is 15.6. The smallest absolute Gasteiger partial charge is 0.243 e. The van der Waals surface area contributed by atoms with Gasteiger partial charge in [-0.3, -0.25) is 9.59 Å². The lowest BCUT2D eigenvalue weighted by atomic mass is 10.0. The summed E-state index contributed by atoms with van der Waals surface area (Å²) in [5.41, 5.74) is 7.14. The van der Waals surface area contributed by atoms with E-state index < -0.39 is 17.6 Å². The van der Waals surface area contributed by atoms with Crippen LogP contribution in [0.5, 0.6) is 5.75 Å². The predicted molar refractivity (Wildman–Crippen MR) is 130 cm³/mol. The maximum atomic E-state index is 12.9. The second-order valence-electron chi connectivity index (χ2n) is 9.45. The highest BCUT2D eigenvalue weighted by atomic mass is 16.5. The summed E-state index contributed by atoms with van der Waals surface area (Å²) in [6.45, 7) is 7.65. The Bertz CT molecular complexity index is 882. The first-order valence-corrected chi connectivity index (χ1v) is 11.3. The summed E-state index contributed by atoms with van der Waals surface area (Å²) in [4.78, 5) is 25.5. The summed E-state index contributed by atoms with van der Waals surface area (Å²) >= 11 is 0. The highest BCUT2D eigenvalue weighted by Crippen LogP contribution is 2.16. The number of hydrogen-bond donors (Lipinski definition) is 4. The van der Waals surface area contributed by atoms with Gasteiger partial charge in [-0.15, -0.1) is 0 Å². The molecule has 2 rings (SSSR count). The molecule has 7 nitrogen and oxygen atoms in total. The number of carbonyl (C=O) groups excluding carboxylic acids is 2. The van der Waals surface area contributed by atoms with E-state index in [2.05, 4.69) is 10.6 Å². The standard InChI is InChI=1S/C26H37N3O4/c1-18(2)14-22(27)24(31)28-23(25(32)29-26(3,4)17-30)15-19-10-12-21(13-11-19)33-16-20-8-6-5-7-9-20/h5-13,18,22-23,30H,14-17,27H2,1-4H3,(H,28,31)(H,29,32). The average molecular weight is 456 g/mol. The van der Waals surface area contributed by atoms with Crippen LogP contribution in [0.1, 0.15) is 45.2 Å². The molecule has 33 heavy (non-hydrogen) atoms. The Kier molecular flexibility index (Phi) is 9.88. The summed E-state index contributed by atoms with van der Waals surface area (Å²) in [7, 11) is 0. The van der Waals surface area contributed by atoms with Crippen LogP contribution in [0.4, 0.5) is 0 Å². The fourth-order valence-corrected chi connectivity index (χ4v) is 3.26. The number of carbonyl (C=O) groups is 2. The van der Waals surface area contributed by atoms with Crippen LogP contribution in [0, 0.1) is 5.92 Å². The molecule has 0 aliphatic carbocycles. The van der Waals surface area contributed by atoms with Crippen molar-refractivity contribution >= 4 is 11.8 Å². The molecule has 0 heterocycles. The third-order valence-corrected chi connectivity index (χ3v) is 5.16. The lowest BCUT2D eigenvalue weighted by Crippen LogP contribution is -2.57. The molecule has 5 N–H and O–H groups in total. The third kappa shape index (κ3) is 9.24. The van der Waals surface area contributed by atoms with E-state index >= 15 is 0 Å². The van der Waals surface area contributed by atoms with Gasteiger partial charge in [-0.1, -0.05) is 56.3 Å². The summed E-state index contributed by atoms with van der Waals surface area (Å²) in [6.07, 6.45) is 0.808. The lowest BCUT2D eigenvalue weighted by Gasteiger charge is -2.28. The molecule has 0 fully saturated rings. The second kappa shape index (κ2) is 12.4. The van der Waals surface area contributed by atoms with Crippen LogP contribution in [0.3, 0.4) is 0 Å². The molecule has 2 unspecified atom stereocenters. The highest BCUT2D eigenvalue weighted by Gasteiger charge is 2.28. The molecule has 0 aliphatic heterocycles. The quantitative estimate of drug-likeness (QED) is 0.393. The van der Waals surface area contributed by atoms with Crippen molar-refractivity contribution in [3.63, 3.8) is 0 Å². The van der Waals surface area contributed by atoms with Crippen molar-refractivity contribution in [2.24, 2.45) is 11.7 Å². The molecule has 2 aromatic rings. The SMILES string of the molecule is CC(C)CC(N)C(=O)NC(Cc1ccc(OCc2ccccc2)cc1)C(=O)NC(C)(C)CO. The van der Waals surface area contributed by atoms with Crippen LogP contribution in [-0.4, -0.2) is 41.2 Å². The number of benzene rings is 2. The number of rotatable bonds is 12. The van der Waals surface area contributed by atoms with Gasteiger partial charge in [-0.05, 0) is 49.4 Å². The molecule has 2 atom stereocenters. The Hall–Kier alpha value is -2.90. The Labute approximate surface area is 196 Å². The molecule has 0 saturated heterocycles. The zero-order valence-corrected chi connectivity index (χ0v) is 20.0. The van der Waals surface area contributed by atoms with E-state index in [4.69, 9.17) is 10.5 Å². The number of nitrogens with one attached hydrogen (secondary N) is 2. The fourth-order valence-electron chi connectivity index (χ4n) is 3.26. The van der Waals surface area contributed by atoms with Crippen molar-refractivity contribution in [2.75, 3.05) is 6.61 Å². The van der Waals surface area contributed by atoms with Crippen molar-refractivity contribution in [1.29, 1.82) is 0 Å². The maximum absolute atomic E-state index is 12.9. The van der Waals surface area contributed by atoms with Crippen molar-refractivity contribution in [3.8, 4) is 5.75 Å². The second-order valence-corrected chi connectivity index (χ2v) is 9.45. The number of aliphatic hydroxyl groups excluding tert-OH is 1. The summed E-state index contributed by atoms with van der Waals surface area (Å²) in [5.74, 6) is 0.236. The van der Waals surface area contributed by atoms with Gasteiger partial charge in [0.2, 0.25) is 11.8 Å². The predicted octanol–water partition coefficient (Wildman–Crippen LogP) is 2.55. The molecule has 0 spiro atoms. The molecule has 2 amide bonds. The number of aliphatic hydroxyl groups is 1. The molecule has 0 saturated carbocycles. The van der Waals surface area contributed by atoms with E-state index in [0.29, 0.717) is 18.8 Å². The normalized spacial score (nSPS) is 13.3. The van der Waals surface area contributed by atoms with Crippen molar-refractivity contribution in [2.45, 2.75) is 64.8 Å². The number of hydrogen-bond acceptors (Lipinski definition) is 5. The minimum Gasteiger partial charge on any atom is -0.489 e. The topological polar surface area (TPSA) is 114 Å². The zero-order valence-electron chi connectivity index (χ0n) is 20.0. The molecule has 0 aromatic heterocycles. The monoisotopic (exact) mass is 455 g/mol. The van der Waals surface area contributed by atoms with Gasteiger partial charge in [0.1, 0.15) is 18.4 Å². The first-order valence-electron chi connectivity index (χ1n) is 11.3. The van der Waals surface area contributed by atoms with Gasteiger partial charge in [-0.2, -0.15) is 0 Å². The van der Waals surface area contributed by atoms with Gasteiger partial charge >= 0.3 is 0 Å². The van der Waals surface area contributed by atoms with E-state index in [-0.39, 0.29) is 30.8 Å². The van der Waals surface area contributed by atoms with Gasteiger partial charge in [0.25, 0.3) is 0 Å². The van der Waals surface area contributed by atoms with E-state index in [1.165, 1.54) is 0 Å². The fraction of sp³-hybridized carbons (Fsp3) is 0.462. The van der Waals surface area contributed by atoms with Crippen LogP contribution in [0.25, 0.3) is 0 Å². The number of nitrogens with two attached hydrogens (primary N) is 1. The molecule has 0 radical (unpaired) electrons. The van der Waals surface area contributed by atoms with Crippen LogP contribution >= 0.6 is 0 Å². The largest absolute Gasteiger partial charge is 0.489 e. The van der Waals surface area contributed by atoms with Crippen LogP contribution in [0.2, 0.25) is 0 Å².